The maximum atomic E-state index is 11.5. The van der Waals surface area contributed by atoms with E-state index in [2.05, 4.69) is 9.84 Å². The first-order valence-electron chi connectivity index (χ1n) is 6.07. The second kappa shape index (κ2) is 5.56. The van der Waals surface area contributed by atoms with Gasteiger partial charge in [0.2, 0.25) is 0 Å². The fourth-order valence-corrected chi connectivity index (χ4v) is 2.00. The molecule has 0 saturated carbocycles. The number of esters is 1. The highest BCUT2D eigenvalue weighted by Gasteiger charge is 2.16. The molecule has 6 heteroatoms. The highest BCUT2D eigenvalue weighted by atomic mass is 16.5. The van der Waals surface area contributed by atoms with Crippen molar-refractivity contribution in [2.75, 3.05) is 7.11 Å². The first-order chi connectivity index (χ1) is 9.58. The van der Waals surface area contributed by atoms with Gasteiger partial charge in [-0.1, -0.05) is 13.0 Å². The molecule has 0 spiro atoms. The van der Waals surface area contributed by atoms with E-state index in [-0.39, 0.29) is 5.56 Å². The van der Waals surface area contributed by atoms with E-state index in [1.807, 2.05) is 6.92 Å². The van der Waals surface area contributed by atoms with Gasteiger partial charge >= 0.3 is 11.9 Å². The van der Waals surface area contributed by atoms with Gasteiger partial charge in [-0.25, -0.2) is 14.3 Å². The van der Waals surface area contributed by atoms with Crippen LogP contribution in [0.2, 0.25) is 0 Å². The van der Waals surface area contributed by atoms with Gasteiger partial charge in [-0.2, -0.15) is 5.10 Å². The summed E-state index contributed by atoms with van der Waals surface area (Å²) < 4.78 is 6.19. The molecule has 0 aliphatic carbocycles. The van der Waals surface area contributed by atoms with Gasteiger partial charge in [0.05, 0.1) is 30.3 Å². The van der Waals surface area contributed by atoms with Crippen LogP contribution in [0.5, 0.6) is 0 Å². The Kier molecular flexibility index (Phi) is 3.84. The summed E-state index contributed by atoms with van der Waals surface area (Å²) in [6, 6.07) is 6.69. The van der Waals surface area contributed by atoms with Gasteiger partial charge in [0.25, 0.3) is 0 Å². The summed E-state index contributed by atoms with van der Waals surface area (Å²) in [5.41, 5.74) is 1.76. The second-order valence-corrected chi connectivity index (χ2v) is 4.12. The smallest absolute Gasteiger partial charge is 0.339 e. The molecule has 2 rings (SSSR count). The first kappa shape index (κ1) is 13.8. The molecule has 0 fully saturated rings. The van der Waals surface area contributed by atoms with Gasteiger partial charge < -0.3 is 9.84 Å². The Balaban J connectivity index is 2.52. The van der Waals surface area contributed by atoms with Crippen LogP contribution in [0.3, 0.4) is 0 Å². The molecule has 1 aromatic heterocycles. The van der Waals surface area contributed by atoms with E-state index in [4.69, 9.17) is 5.11 Å². The fourth-order valence-electron chi connectivity index (χ4n) is 2.00. The van der Waals surface area contributed by atoms with Crippen LogP contribution in [0.4, 0.5) is 0 Å². The van der Waals surface area contributed by atoms with Crippen LogP contribution in [0.25, 0.3) is 5.69 Å². The maximum Gasteiger partial charge on any atom is 0.339 e. The highest BCUT2D eigenvalue weighted by molar-refractivity contribution is 5.90. The minimum absolute atomic E-state index is 0.163. The van der Waals surface area contributed by atoms with E-state index >= 15 is 0 Å². The third kappa shape index (κ3) is 2.40. The predicted molar refractivity (Wildman–Crippen MR) is 71.2 cm³/mol. The van der Waals surface area contributed by atoms with Gasteiger partial charge in [-0.05, 0) is 24.6 Å². The van der Waals surface area contributed by atoms with Crippen LogP contribution < -0.4 is 0 Å². The Hall–Kier alpha value is -2.63. The molecule has 6 nitrogen and oxygen atoms in total. The maximum absolute atomic E-state index is 11.5. The van der Waals surface area contributed by atoms with Crippen LogP contribution in [0.15, 0.2) is 30.5 Å². The van der Waals surface area contributed by atoms with Crippen LogP contribution in [0, 0.1) is 0 Å². The van der Waals surface area contributed by atoms with Crippen LogP contribution >= 0.6 is 0 Å². The molecule has 1 aromatic carbocycles. The van der Waals surface area contributed by atoms with Crippen molar-refractivity contribution >= 4 is 11.9 Å². The molecule has 20 heavy (non-hydrogen) atoms. The molecule has 0 radical (unpaired) electrons. The van der Waals surface area contributed by atoms with Crippen LogP contribution in [-0.4, -0.2) is 33.9 Å². The van der Waals surface area contributed by atoms with Crippen molar-refractivity contribution in [1.82, 2.24) is 9.78 Å². The molecular weight excluding hydrogens is 260 g/mol. The van der Waals surface area contributed by atoms with Crippen molar-refractivity contribution in [3.05, 3.63) is 47.3 Å². The average Bonchev–Trinajstić information content (AvgIpc) is 2.90. The van der Waals surface area contributed by atoms with Crippen molar-refractivity contribution in [3.8, 4) is 5.69 Å². The number of ether oxygens (including phenoxy) is 1. The minimum atomic E-state index is -1.02. The number of aromatic carboxylic acids is 1. The number of methoxy groups -OCH3 is 1. The summed E-state index contributed by atoms with van der Waals surface area (Å²) in [5, 5.41) is 13.2. The van der Waals surface area contributed by atoms with Crippen molar-refractivity contribution in [1.29, 1.82) is 0 Å². The van der Waals surface area contributed by atoms with Gasteiger partial charge in [0, 0.05) is 0 Å². The molecule has 0 unspecified atom stereocenters. The minimum Gasteiger partial charge on any atom is -0.478 e. The number of carbonyl (C=O) groups is 2. The van der Waals surface area contributed by atoms with Gasteiger partial charge in [0.15, 0.2) is 0 Å². The summed E-state index contributed by atoms with van der Waals surface area (Å²) in [6.07, 6.45) is 1.83. The summed E-state index contributed by atoms with van der Waals surface area (Å²) in [5.74, 6) is -1.47. The summed E-state index contributed by atoms with van der Waals surface area (Å²) in [4.78, 5) is 22.6. The van der Waals surface area contributed by atoms with Crippen molar-refractivity contribution < 1.29 is 19.4 Å². The van der Waals surface area contributed by atoms with Crippen molar-refractivity contribution in [3.63, 3.8) is 0 Å². The van der Waals surface area contributed by atoms with E-state index in [1.165, 1.54) is 18.0 Å². The standard InChI is InChI=1S/C14H14N2O4/c1-3-12-11(13(17)18)8-15-16(12)10-6-4-5-9(7-10)14(19)20-2/h4-8H,3H2,1-2H3,(H,17,18). The number of carboxylic acid groups (broad SMARTS) is 1. The van der Waals surface area contributed by atoms with Gasteiger partial charge in [-0.3, -0.25) is 0 Å². The number of carbonyl (C=O) groups excluding carboxylic acids is 1. The number of hydrogen-bond acceptors (Lipinski definition) is 4. The second-order valence-electron chi connectivity index (χ2n) is 4.12. The quantitative estimate of drug-likeness (QED) is 0.861. The van der Waals surface area contributed by atoms with Crippen molar-refractivity contribution in [2.45, 2.75) is 13.3 Å². The lowest BCUT2D eigenvalue weighted by Gasteiger charge is -2.08. The van der Waals surface area contributed by atoms with Crippen molar-refractivity contribution in [2.24, 2.45) is 0 Å². The van der Waals surface area contributed by atoms with E-state index in [1.54, 1.807) is 24.3 Å². The zero-order valence-corrected chi connectivity index (χ0v) is 11.2. The van der Waals surface area contributed by atoms with E-state index in [9.17, 15) is 9.59 Å². The molecule has 2 aromatic rings. The monoisotopic (exact) mass is 274 g/mol. The Labute approximate surface area is 115 Å². The number of rotatable bonds is 4. The highest BCUT2D eigenvalue weighted by Crippen LogP contribution is 2.17. The molecule has 104 valence electrons. The van der Waals surface area contributed by atoms with Crippen LogP contribution in [0.1, 0.15) is 33.3 Å². The first-order valence-corrected chi connectivity index (χ1v) is 6.07. The Morgan fingerprint density at radius 3 is 2.75 bits per heavy atom. The third-order valence-electron chi connectivity index (χ3n) is 2.95. The normalized spacial score (nSPS) is 10.3. The average molecular weight is 274 g/mol. The Bertz CT molecular complexity index is 661. The largest absolute Gasteiger partial charge is 0.478 e. The zero-order chi connectivity index (χ0) is 14.7. The van der Waals surface area contributed by atoms with Crippen LogP contribution in [-0.2, 0) is 11.2 Å². The number of aromatic nitrogens is 2. The molecule has 0 aliphatic heterocycles. The Morgan fingerprint density at radius 1 is 1.40 bits per heavy atom. The summed E-state index contributed by atoms with van der Waals surface area (Å²) in [7, 11) is 1.31. The number of carboxylic acids is 1. The number of benzene rings is 1. The molecule has 0 amide bonds. The van der Waals surface area contributed by atoms with E-state index < -0.39 is 11.9 Å². The SMILES string of the molecule is CCc1c(C(=O)O)cnn1-c1cccc(C(=O)OC)c1. The van der Waals surface area contributed by atoms with Gasteiger partial charge in [0.1, 0.15) is 5.56 Å². The topological polar surface area (TPSA) is 81.4 Å². The summed E-state index contributed by atoms with van der Waals surface area (Å²) in [6.45, 7) is 1.85. The fraction of sp³-hybridized carbons (Fsp3) is 0.214. The Morgan fingerprint density at radius 2 is 2.15 bits per heavy atom. The molecular formula is C14H14N2O4. The zero-order valence-electron chi connectivity index (χ0n) is 11.2. The molecule has 0 saturated heterocycles. The lowest BCUT2D eigenvalue weighted by molar-refractivity contribution is 0.0599. The summed E-state index contributed by atoms with van der Waals surface area (Å²) >= 11 is 0. The lowest BCUT2D eigenvalue weighted by atomic mass is 10.1. The van der Waals surface area contributed by atoms with E-state index in [0.29, 0.717) is 23.4 Å². The number of nitrogens with zero attached hydrogens (tertiary/aromatic N) is 2. The molecule has 0 aliphatic rings. The number of hydrogen-bond donors (Lipinski definition) is 1. The molecule has 0 atom stereocenters. The predicted octanol–water partition coefficient (Wildman–Crippen LogP) is 1.92. The molecule has 0 bridgehead atoms. The third-order valence-corrected chi connectivity index (χ3v) is 2.95. The lowest BCUT2D eigenvalue weighted by Crippen LogP contribution is -2.07. The van der Waals surface area contributed by atoms with Gasteiger partial charge in [-0.15, -0.1) is 0 Å². The molecule has 1 heterocycles. The van der Waals surface area contributed by atoms with E-state index in [0.717, 1.165) is 0 Å². The molecule has 1 N–H and O–H groups in total.